The second-order valence-corrected chi connectivity index (χ2v) is 19.8. The van der Waals surface area contributed by atoms with E-state index in [1.54, 1.807) is 0 Å². The second kappa shape index (κ2) is 21.8. The molecule has 1 heterocycles. The number of carbonyl (C=O) groups excluding carboxylic acids is 2. The van der Waals surface area contributed by atoms with Crippen molar-refractivity contribution < 1.29 is 107 Å². The molecule has 1 aliphatic rings. The first-order valence-corrected chi connectivity index (χ1v) is 23.6. The number of unbranched alkanes of at least 4 members (excludes halogenated alkanes) is 5. The summed E-state index contributed by atoms with van der Waals surface area (Å²) in [6.07, 6.45) is 1.34. The Morgan fingerprint density at radius 2 is 1.10 bits per heavy atom. The van der Waals surface area contributed by atoms with Gasteiger partial charge in [0.05, 0.1) is 19.3 Å². The Morgan fingerprint density at radius 3 is 1.57 bits per heavy atom. The first kappa shape index (κ1) is 48.8. The van der Waals surface area contributed by atoms with Crippen LogP contribution in [0, 0.1) is 0 Å². The van der Waals surface area contributed by atoms with E-state index in [0.29, 0.717) is 45.2 Å². The molecule has 7 unspecified atom stereocenters. The Hall–Kier alpha value is -0.215. The smallest absolute Gasteiger partial charge is 0.390 e. The fraction of sp³-hybridized carbons (Fsp3) is 0.895. The summed E-state index contributed by atoms with van der Waals surface area (Å²) in [4.78, 5) is 80.0. The van der Waals surface area contributed by atoms with Crippen LogP contribution >= 0.6 is 46.9 Å². The zero-order valence-corrected chi connectivity index (χ0v) is 32.2. The number of carbonyl (C=O) groups is 2. The number of aliphatic hydroxyl groups excluding tert-OH is 1. The Morgan fingerprint density at radius 1 is 0.667 bits per heavy atom. The Balaban J connectivity index is 2.42. The van der Waals surface area contributed by atoms with E-state index in [1.165, 1.54) is 6.92 Å². The van der Waals surface area contributed by atoms with Crippen LogP contribution < -0.4 is 10.6 Å². The summed E-state index contributed by atoms with van der Waals surface area (Å²) >= 11 is 0. The molecule has 32 heteroatoms. The molecule has 0 aromatic heterocycles. The largest absolute Gasteiger partial charge is 0.490 e. The Bertz CT molecular complexity index is 1440. The van der Waals surface area contributed by atoms with Gasteiger partial charge in [0.1, 0.15) is 14.0 Å². The van der Waals surface area contributed by atoms with Crippen molar-refractivity contribution in [1.29, 1.82) is 0 Å². The monoisotopic (exact) mass is 862 g/mol. The summed E-state index contributed by atoms with van der Waals surface area (Å²) in [5.41, 5.74) is 0. The van der Waals surface area contributed by atoms with E-state index in [9.17, 15) is 71.4 Å². The van der Waals surface area contributed by atoms with Crippen molar-refractivity contribution in [2.45, 2.75) is 82.9 Å². The molecule has 9 N–H and O–H groups in total. The van der Waals surface area contributed by atoms with E-state index in [-0.39, 0.29) is 24.7 Å². The highest BCUT2D eigenvalue weighted by molar-refractivity contribution is 7.72. The fourth-order valence-electron chi connectivity index (χ4n) is 3.77. The van der Waals surface area contributed by atoms with Gasteiger partial charge in [-0.1, -0.05) is 19.3 Å². The van der Waals surface area contributed by atoms with Crippen LogP contribution in [0.1, 0.15) is 64.7 Å². The van der Waals surface area contributed by atoms with Crippen molar-refractivity contribution in [2.24, 2.45) is 0 Å². The molecule has 1 fully saturated rings. The quantitative estimate of drug-likeness (QED) is 0.0322. The maximum Gasteiger partial charge on any atom is 0.490 e. The molecule has 9 atom stereocenters. The van der Waals surface area contributed by atoms with E-state index < -0.39 is 78.4 Å². The molecule has 1 rings (SSSR count). The molecule has 1 aliphatic heterocycles. The van der Waals surface area contributed by atoms with Crippen LogP contribution in [-0.2, 0) is 72.3 Å². The maximum atomic E-state index is 12.0. The van der Waals surface area contributed by atoms with Crippen LogP contribution in [0.3, 0.4) is 0 Å². The topological polar surface area (TPSA) is 376 Å². The van der Waals surface area contributed by atoms with Crippen molar-refractivity contribution in [2.75, 3.05) is 26.3 Å². The zero-order chi connectivity index (χ0) is 39.2. The lowest BCUT2D eigenvalue weighted by molar-refractivity contribution is -0.121. The molecule has 0 aromatic carbocycles. The number of aliphatic hydroxyl groups is 1. The molecular weight excluding hydrogens is 821 g/mol. The molecular formula is C19H41BN2O23P6. The lowest BCUT2D eigenvalue weighted by Gasteiger charge is -2.21. The highest BCUT2D eigenvalue weighted by Crippen LogP contribution is 2.75. The average Bonchev–Trinajstić information content (AvgIpc) is 3.23. The fourth-order valence-corrected chi connectivity index (χ4v) is 11.6. The third-order valence-electron chi connectivity index (χ3n) is 5.79. The van der Waals surface area contributed by atoms with Crippen LogP contribution in [0.25, 0.3) is 0 Å². The van der Waals surface area contributed by atoms with E-state index in [0.717, 1.165) is 12.8 Å². The van der Waals surface area contributed by atoms with E-state index >= 15 is 0 Å². The third-order valence-corrected chi connectivity index (χ3v) is 15.0. The number of phosphoric ester groups is 2. The maximum absolute atomic E-state index is 12.0. The predicted molar refractivity (Wildman–Crippen MR) is 170 cm³/mol. The summed E-state index contributed by atoms with van der Waals surface area (Å²) < 4.78 is 104. The van der Waals surface area contributed by atoms with Gasteiger partial charge in [-0.2, -0.15) is 21.6 Å². The van der Waals surface area contributed by atoms with Gasteiger partial charge in [-0.05, 0) is 32.1 Å². The highest BCUT2D eigenvalue weighted by atomic mass is 31.3. The average molecular weight is 862 g/mol. The number of amides is 2. The van der Waals surface area contributed by atoms with Crippen LogP contribution in [-0.4, -0.2) is 98.6 Å². The molecule has 0 aromatic rings. The number of hydrogen-bond acceptors (Lipinski definition) is 17. The molecule has 298 valence electrons. The van der Waals surface area contributed by atoms with Gasteiger partial charge in [0.2, 0.25) is 11.8 Å². The summed E-state index contributed by atoms with van der Waals surface area (Å²) in [5, 5.41) is 15.0. The van der Waals surface area contributed by atoms with Gasteiger partial charge in [0.25, 0.3) is 0 Å². The van der Waals surface area contributed by atoms with E-state index in [2.05, 4.69) is 41.2 Å². The van der Waals surface area contributed by atoms with Crippen molar-refractivity contribution in [1.82, 2.24) is 10.6 Å². The van der Waals surface area contributed by atoms with Crippen molar-refractivity contribution in [3.63, 3.8) is 0 Å². The van der Waals surface area contributed by atoms with Gasteiger partial charge >= 0.3 is 46.9 Å². The van der Waals surface area contributed by atoms with E-state index in [4.69, 9.17) is 12.6 Å². The summed E-state index contributed by atoms with van der Waals surface area (Å²) in [6.45, 7) is 0.801. The molecule has 2 amide bonds. The first-order valence-electron chi connectivity index (χ1n) is 14.7. The number of ether oxygens (including phenoxy) is 1. The Labute approximate surface area is 293 Å². The van der Waals surface area contributed by atoms with E-state index in [1.807, 2.05) is 0 Å². The van der Waals surface area contributed by atoms with Gasteiger partial charge < -0.3 is 49.8 Å². The first-order chi connectivity index (χ1) is 23.2. The molecule has 0 spiro atoms. The van der Waals surface area contributed by atoms with Gasteiger partial charge in [-0.25, -0.2) is 27.4 Å². The zero-order valence-electron chi connectivity index (χ0n) is 26.8. The van der Waals surface area contributed by atoms with Crippen LogP contribution in [0.15, 0.2) is 0 Å². The van der Waals surface area contributed by atoms with Gasteiger partial charge in [-0.3, -0.25) is 18.6 Å². The third kappa shape index (κ3) is 24.0. The number of nitrogens with one attached hydrogen (secondary N) is 2. The predicted octanol–water partition coefficient (Wildman–Crippen LogP) is 1.72. The van der Waals surface area contributed by atoms with Gasteiger partial charge in [0.15, 0.2) is 0 Å². The highest BCUT2D eigenvalue weighted by Gasteiger charge is 2.49. The molecule has 0 aliphatic carbocycles. The number of phosphoric acid groups is 6. The summed E-state index contributed by atoms with van der Waals surface area (Å²) in [6, 6.07) is -0.976. The summed E-state index contributed by atoms with van der Waals surface area (Å²) in [7, 11) is -30.9. The normalized spacial score (nSPS) is 24.9. The minimum Gasteiger partial charge on any atom is -0.390 e. The van der Waals surface area contributed by atoms with Crippen molar-refractivity contribution >= 4 is 66.6 Å². The molecule has 51 heavy (non-hydrogen) atoms. The summed E-state index contributed by atoms with van der Waals surface area (Å²) in [5.74, 6) is -0.279. The number of hydrogen-bond donors (Lipinski definition) is 9. The molecule has 1 saturated heterocycles. The lowest BCUT2D eigenvalue weighted by Crippen LogP contribution is -2.26. The standard InChI is InChI=1S/C19H41BN2O23P6/c1-15(23)21-10-7-4-5-9-19(25)22-11-6-2-3-8-12-38-46(26,27)41-48(30,31)43-50(34,35)45-51(36,37)44-49(32,33)42-47(28,29)39-14-17-16(24)13-18(20)40-17/h16-18,24H,2-14H2,1H3,(H,21,23)(H,22,25)(H,26,27)(H,28,29)(H,30,31)(H,32,33)(H,34,35)(H,36,37)/t16?,17-,18-/m1/s1. The minimum absolute atomic E-state index is 0.0962. The van der Waals surface area contributed by atoms with Crippen molar-refractivity contribution in [3.8, 4) is 0 Å². The molecule has 0 bridgehead atoms. The van der Waals surface area contributed by atoms with Crippen LogP contribution in [0.5, 0.6) is 0 Å². The van der Waals surface area contributed by atoms with Gasteiger partial charge in [0, 0.05) is 32.4 Å². The second-order valence-electron chi connectivity index (χ2n) is 10.4. The minimum atomic E-state index is -6.40. The molecule has 0 saturated carbocycles. The van der Waals surface area contributed by atoms with Gasteiger partial charge in [-0.15, -0.1) is 0 Å². The SMILES string of the molecule is [B][C@H]1CC(O)[C@@H](COP(=O)(O)OP(=O)(O)OP(=O)(O)OP(=O)(O)OP(=O)(O)OP(=O)(O)OCCCCCCNC(=O)CCCCCNC(C)=O)O1. The lowest BCUT2D eigenvalue weighted by atomic mass is 9.96. The molecule has 2 radical (unpaired) electrons. The van der Waals surface area contributed by atoms with Crippen LogP contribution in [0.4, 0.5) is 0 Å². The Kier molecular flexibility index (Phi) is 20.8. The van der Waals surface area contributed by atoms with Crippen molar-refractivity contribution in [3.05, 3.63) is 0 Å². The molecule has 25 nitrogen and oxygen atoms in total. The van der Waals surface area contributed by atoms with Crippen LogP contribution in [0.2, 0.25) is 0 Å². The number of rotatable bonds is 27.